The maximum absolute atomic E-state index is 14.2. The molecule has 0 heterocycles. The predicted octanol–water partition coefficient (Wildman–Crippen LogP) is -3.55. The second kappa shape index (κ2) is 46.1. The molecule has 0 fully saturated rings. The molecule has 24 N–H and O–H groups in total. The van der Waals surface area contributed by atoms with Crippen molar-refractivity contribution in [3.63, 3.8) is 0 Å². The Morgan fingerprint density at radius 3 is 1.03 bits per heavy atom. The summed E-state index contributed by atoms with van der Waals surface area (Å²) in [6.07, 6.45) is 3.39. The topological polar surface area (TPSA) is 537 Å². The smallest absolute Gasteiger partial charge is 0.326 e. The zero-order valence-electron chi connectivity index (χ0n) is 57.7. The standard InChI is InChI=1S/C62H117N17O15/c1-32(2)30-44(57(88)78-49(36(9)10)62(93)94)74-60(91)46(33(3)4)75-45(81)31-68-58(89)50(39(13)80)79-52(83)38(12)69-51(82)37(11)70-59(90)47(34(5)6)77-61(92)48(35(7)8)76-56(87)43(25-17-21-29-66)73-55(86)42(24-16-20-28-65)72-54(85)41(23-15-19-27-64)71-53(84)40(67)22-14-18-26-63/h32-44,46-50,80H,14-31,63-67H2,1-13H3,(H,68,89)(H,69,82)(H,70,90)(H,71,84)(H,72,85)(H,73,86)(H,74,91)(H,75,81)(H,76,87)(H,77,92)(H,78,88)(H,79,83)(H,93,94)/t37-,38-,39+,40-,41-,42-,43-,44-,46-,47-,48-,49-,50-/m0/s1. The van der Waals surface area contributed by atoms with Gasteiger partial charge in [-0.3, -0.25) is 57.5 Å². The Morgan fingerprint density at radius 2 is 0.638 bits per heavy atom. The van der Waals surface area contributed by atoms with Gasteiger partial charge in [0.25, 0.3) is 0 Å². The summed E-state index contributed by atoms with van der Waals surface area (Å²) in [5.74, 6) is -13.0. The molecular weight excluding hydrogens is 1220 g/mol. The van der Waals surface area contributed by atoms with Crippen LogP contribution in [0, 0.1) is 29.6 Å². The van der Waals surface area contributed by atoms with Gasteiger partial charge in [-0.05, 0) is 154 Å². The summed E-state index contributed by atoms with van der Waals surface area (Å²) in [6, 6.07) is -15.0. The minimum Gasteiger partial charge on any atom is -0.480 e. The Hall–Kier alpha value is -7.13. The molecule has 0 radical (unpaired) electrons. The van der Waals surface area contributed by atoms with Crippen LogP contribution in [-0.2, 0) is 62.3 Å². The lowest BCUT2D eigenvalue weighted by atomic mass is 9.98. The van der Waals surface area contributed by atoms with Gasteiger partial charge in [0.2, 0.25) is 70.9 Å². The van der Waals surface area contributed by atoms with Crippen molar-refractivity contribution in [3.8, 4) is 0 Å². The van der Waals surface area contributed by atoms with E-state index in [4.69, 9.17) is 28.7 Å². The molecule has 0 saturated heterocycles. The number of nitrogens with two attached hydrogens (primary N) is 5. The second-order valence-electron chi connectivity index (χ2n) is 25.8. The number of aliphatic hydroxyl groups is 1. The van der Waals surface area contributed by atoms with E-state index in [1.807, 2.05) is 0 Å². The third-order valence-corrected chi connectivity index (χ3v) is 15.4. The molecule has 12 amide bonds. The fourth-order valence-electron chi connectivity index (χ4n) is 9.54. The molecule has 0 aliphatic rings. The second-order valence-corrected chi connectivity index (χ2v) is 25.8. The summed E-state index contributed by atoms with van der Waals surface area (Å²) in [4.78, 5) is 175. The Kier molecular flexibility index (Phi) is 42.6. The van der Waals surface area contributed by atoms with E-state index in [1.165, 1.54) is 20.8 Å². The molecule has 0 aromatic rings. The van der Waals surface area contributed by atoms with Gasteiger partial charge in [0.05, 0.1) is 18.7 Å². The van der Waals surface area contributed by atoms with Gasteiger partial charge in [-0.25, -0.2) is 4.79 Å². The minimum atomic E-state index is -1.67. The SMILES string of the molecule is CC(C)C[C@H](NC(=O)[C@@H](NC(=O)CNC(=O)[C@@H](NC(=O)[C@H](C)NC(=O)[C@H](C)NC(=O)[C@@H](NC(=O)[C@@H](NC(=O)[C@H](CCCCN)NC(=O)[C@H](CCCCN)NC(=O)[C@H](CCCCN)NC(=O)[C@@H](N)CCCCN)C(C)C)C(C)C)[C@@H](C)O)C(C)C)C(=O)N[C@H](C(=O)O)C(C)C. The average molecular weight is 1340 g/mol. The summed E-state index contributed by atoms with van der Waals surface area (Å²) >= 11 is 0. The lowest BCUT2D eigenvalue weighted by Crippen LogP contribution is -2.61. The number of hydrogen-bond donors (Lipinski definition) is 19. The number of aliphatic carboxylic acids is 1. The molecule has 13 atom stereocenters. The number of carboxylic acids is 1. The summed E-state index contributed by atoms with van der Waals surface area (Å²) < 4.78 is 0. The van der Waals surface area contributed by atoms with Crippen molar-refractivity contribution < 1.29 is 72.5 Å². The first-order chi connectivity index (χ1) is 44.0. The first-order valence-electron chi connectivity index (χ1n) is 33.1. The summed E-state index contributed by atoms with van der Waals surface area (Å²) in [5, 5.41) is 50.9. The summed E-state index contributed by atoms with van der Waals surface area (Å²) in [5.41, 5.74) is 29.0. The van der Waals surface area contributed by atoms with E-state index >= 15 is 0 Å². The highest BCUT2D eigenvalue weighted by atomic mass is 16.4. The molecule has 0 spiro atoms. The van der Waals surface area contributed by atoms with Gasteiger partial charge in [0.15, 0.2) is 0 Å². The van der Waals surface area contributed by atoms with Gasteiger partial charge < -0.3 is 103 Å². The predicted molar refractivity (Wildman–Crippen MR) is 353 cm³/mol. The molecule has 32 heteroatoms. The third kappa shape index (κ3) is 33.3. The number of carboxylic acid groups (broad SMARTS) is 1. The van der Waals surface area contributed by atoms with Gasteiger partial charge in [-0.2, -0.15) is 0 Å². The van der Waals surface area contributed by atoms with Crippen LogP contribution in [0.5, 0.6) is 0 Å². The molecule has 0 aliphatic carbocycles. The Bertz CT molecular complexity index is 2430. The van der Waals surface area contributed by atoms with Crippen molar-refractivity contribution >= 4 is 76.9 Å². The highest BCUT2D eigenvalue weighted by Crippen LogP contribution is 2.14. The number of amides is 12. The van der Waals surface area contributed by atoms with Crippen molar-refractivity contribution in [2.24, 2.45) is 58.3 Å². The van der Waals surface area contributed by atoms with E-state index in [2.05, 4.69) is 63.8 Å². The van der Waals surface area contributed by atoms with Crippen LogP contribution in [-0.4, -0.2) is 198 Å². The van der Waals surface area contributed by atoms with Crippen LogP contribution >= 0.6 is 0 Å². The molecule has 540 valence electrons. The van der Waals surface area contributed by atoms with E-state index in [-0.39, 0.29) is 38.1 Å². The van der Waals surface area contributed by atoms with E-state index in [0.717, 1.165) is 0 Å². The summed E-state index contributed by atoms with van der Waals surface area (Å²) in [6.45, 7) is 21.0. The van der Waals surface area contributed by atoms with Gasteiger partial charge >= 0.3 is 5.97 Å². The molecule has 0 saturated carbocycles. The lowest BCUT2D eigenvalue weighted by molar-refractivity contribution is -0.143. The number of carbonyl (C=O) groups is 13. The fraction of sp³-hybridized carbons (Fsp3) is 0.790. The van der Waals surface area contributed by atoms with Crippen LogP contribution in [0.1, 0.15) is 173 Å². The number of rotatable bonds is 48. The third-order valence-electron chi connectivity index (χ3n) is 15.4. The van der Waals surface area contributed by atoms with Crippen LogP contribution in [0.3, 0.4) is 0 Å². The number of hydrogen-bond acceptors (Lipinski definition) is 19. The fourth-order valence-corrected chi connectivity index (χ4v) is 9.54. The van der Waals surface area contributed by atoms with Crippen molar-refractivity contribution in [2.75, 3.05) is 32.7 Å². The maximum atomic E-state index is 14.2. The average Bonchev–Trinajstić information content (AvgIpc) is 0.934. The largest absolute Gasteiger partial charge is 0.480 e. The van der Waals surface area contributed by atoms with Crippen LogP contribution in [0.25, 0.3) is 0 Å². The molecule has 0 aromatic carbocycles. The molecule has 0 aliphatic heterocycles. The van der Waals surface area contributed by atoms with Crippen molar-refractivity contribution in [3.05, 3.63) is 0 Å². The van der Waals surface area contributed by atoms with E-state index in [1.54, 1.807) is 69.2 Å². The van der Waals surface area contributed by atoms with Crippen LogP contribution in [0.2, 0.25) is 0 Å². The van der Waals surface area contributed by atoms with Gasteiger partial charge in [0.1, 0.15) is 66.5 Å². The highest BCUT2D eigenvalue weighted by Gasteiger charge is 2.37. The summed E-state index contributed by atoms with van der Waals surface area (Å²) in [7, 11) is 0. The quantitative estimate of drug-likeness (QED) is 0.0262. The lowest BCUT2D eigenvalue weighted by Gasteiger charge is -2.30. The van der Waals surface area contributed by atoms with E-state index in [9.17, 15) is 72.5 Å². The van der Waals surface area contributed by atoms with Crippen molar-refractivity contribution in [1.29, 1.82) is 0 Å². The molecule has 94 heavy (non-hydrogen) atoms. The van der Waals surface area contributed by atoms with Gasteiger partial charge in [0, 0.05) is 0 Å². The number of aliphatic hydroxyl groups excluding tert-OH is 1. The maximum Gasteiger partial charge on any atom is 0.326 e. The first-order valence-corrected chi connectivity index (χ1v) is 33.1. The number of nitrogens with one attached hydrogen (secondary N) is 12. The molecule has 32 nitrogen and oxygen atoms in total. The number of unbranched alkanes of at least 4 members (excludes halogenated alkanes) is 4. The van der Waals surface area contributed by atoms with Crippen LogP contribution < -0.4 is 92.5 Å². The highest BCUT2D eigenvalue weighted by molar-refractivity contribution is 5.99. The van der Waals surface area contributed by atoms with Gasteiger partial charge in [-0.1, -0.05) is 75.7 Å². The minimum absolute atomic E-state index is 0.0772. The molecule has 0 rings (SSSR count). The first kappa shape index (κ1) is 86.9. The monoisotopic (exact) mass is 1340 g/mol. The zero-order chi connectivity index (χ0) is 72.1. The van der Waals surface area contributed by atoms with Crippen molar-refractivity contribution in [2.45, 2.75) is 252 Å². The van der Waals surface area contributed by atoms with Crippen molar-refractivity contribution in [1.82, 2.24) is 63.8 Å². The molecule has 0 unspecified atom stereocenters. The molecule has 0 bridgehead atoms. The van der Waals surface area contributed by atoms with E-state index < -0.39 is 186 Å². The normalized spacial score (nSPS) is 15.6. The van der Waals surface area contributed by atoms with Gasteiger partial charge in [-0.15, -0.1) is 0 Å². The molecule has 0 aromatic heterocycles. The zero-order valence-corrected chi connectivity index (χ0v) is 57.7. The van der Waals surface area contributed by atoms with E-state index in [0.29, 0.717) is 77.4 Å². The van der Waals surface area contributed by atoms with Crippen LogP contribution in [0.4, 0.5) is 0 Å². The number of carbonyl (C=O) groups excluding carboxylic acids is 12. The Morgan fingerprint density at radius 1 is 0.330 bits per heavy atom. The Labute approximate surface area is 554 Å². The molecular formula is C62H117N17O15. The Balaban J connectivity index is 6.17. The van der Waals surface area contributed by atoms with Crippen LogP contribution in [0.15, 0.2) is 0 Å².